The normalized spacial score (nSPS) is 15.8. The predicted molar refractivity (Wildman–Crippen MR) is 120 cm³/mol. The second kappa shape index (κ2) is 9.84. The average molecular weight is 401 g/mol. The quantitative estimate of drug-likeness (QED) is 0.633. The molecule has 0 aliphatic heterocycles. The van der Waals surface area contributed by atoms with Gasteiger partial charge in [-0.3, -0.25) is 0 Å². The molecule has 0 spiro atoms. The molecular weight excluding hydrogens is 364 g/mol. The third kappa shape index (κ3) is 4.74. The zero-order chi connectivity index (χ0) is 20.8. The molecule has 0 fully saturated rings. The molecule has 2 aromatic carbocycles. The lowest BCUT2D eigenvalue weighted by Crippen LogP contribution is -2.67. The van der Waals surface area contributed by atoms with Gasteiger partial charge in [0.25, 0.3) is 8.32 Å². The van der Waals surface area contributed by atoms with Gasteiger partial charge in [-0.25, -0.2) is 0 Å². The molecule has 2 rings (SSSR count). The molecule has 3 atom stereocenters. The fraction of sp³-hybridized carbons (Fsp3) is 0.500. The lowest BCUT2D eigenvalue weighted by molar-refractivity contribution is 0.00959. The van der Waals surface area contributed by atoms with Crippen molar-refractivity contribution in [1.82, 2.24) is 0 Å². The fourth-order valence-corrected chi connectivity index (χ4v) is 8.73. The van der Waals surface area contributed by atoms with Crippen LogP contribution in [0.2, 0.25) is 5.04 Å². The van der Waals surface area contributed by atoms with Gasteiger partial charge in [-0.15, -0.1) is 0 Å². The van der Waals surface area contributed by atoms with Crippen LogP contribution in [0.1, 0.15) is 41.0 Å². The van der Waals surface area contributed by atoms with Crippen LogP contribution in [-0.2, 0) is 4.43 Å². The van der Waals surface area contributed by atoms with Crippen LogP contribution in [0.3, 0.4) is 0 Å². The minimum Gasteiger partial charge on any atom is -0.407 e. The molecule has 2 N–H and O–H groups in total. The van der Waals surface area contributed by atoms with Crippen LogP contribution < -0.4 is 10.4 Å². The van der Waals surface area contributed by atoms with Crippen molar-refractivity contribution in [2.75, 3.05) is 13.2 Å². The van der Waals surface area contributed by atoms with Gasteiger partial charge in [0.2, 0.25) is 0 Å². The maximum atomic E-state index is 10.7. The highest BCUT2D eigenvalue weighted by atomic mass is 28.4. The number of rotatable bonds is 9. The van der Waals surface area contributed by atoms with E-state index < -0.39 is 14.4 Å². The predicted octanol–water partition coefficient (Wildman–Crippen LogP) is 3.58. The van der Waals surface area contributed by atoms with E-state index in [0.717, 1.165) is 6.42 Å². The number of aliphatic hydroxyl groups excluding tert-OH is 2. The molecule has 0 saturated carbocycles. The Bertz CT molecular complexity index is 653. The van der Waals surface area contributed by atoms with Crippen LogP contribution in [0.15, 0.2) is 60.7 Å². The molecule has 0 aliphatic carbocycles. The Morgan fingerprint density at radius 1 is 0.929 bits per heavy atom. The summed E-state index contributed by atoms with van der Waals surface area (Å²) in [5.74, 6) is -0.170. The van der Waals surface area contributed by atoms with Crippen molar-refractivity contribution in [3.63, 3.8) is 0 Å². The van der Waals surface area contributed by atoms with Gasteiger partial charge in [-0.05, 0) is 21.8 Å². The summed E-state index contributed by atoms with van der Waals surface area (Å²) in [5.41, 5.74) is 0. The van der Waals surface area contributed by atoms with Crippen molar-refractivity contribution in [3.8, 4) is 0 Å². The van der Waals surface area contributed by atoms with Gasteiger partial charge in [0.15, 0.2) is 0 Å². The summed E-state index contributed by atoms with van der Waals surface area (Å²) in [4.78, 5) is 0. The molecule has 0 bridgehead atoms. The molecule has 3 nitrogen and oxygen atoms in total. The van der Waals surface area contributed by atoms with Crippen LogP contribution in [0, 0.1) is 11.8 Å². The fourth-order valence-electron chi connectivity index (χ4n) is 4.06. The van der Waals surface area contributed by atoms with Crippen LogP contribution in [0.4, 0.5) is 0 Å². The highest BCUT2D eigenvalue weighted by Crippen LogP contribution is 2.37. The van der Waals surface area contributed by atoms with Crippen molar-refractivity contribution < 1.29 is 14.6 Å². The molecular formula is C24H36O3Si. The number of benzene rings is 2. The summed E-state index contributed by atoms with van der Waals surface area (Å²) in [7, 11) is -2.59. The van der Waals surface area contributed by atoms with Gasteiger partial charge < -0.3 is 14.6 Å². The molecule has 0 amide bonds. The van der Waals surface area contributed by atoms with E-state index in [1.807, 2.05) is 26.0 Å². The van der Waals surface area contributed by atoms with Gasteiger partial charge in [-0.1, -0.05) is 95.3 Å². The van der Waals surface area contributed by atoms with E-state index in [4.69, 9.17) is 4.43 Å². The molecule has 0 radical (unpaired) electrons. The lowest BCUT2D eigenvalue weighted by atomic mass is 9.91. The van der Waals surface area contributed by atoms with E-state index >= 15 is 0 Å². The smallest absolute Gasteiger partial charge is 0.261 e. The first-order valence-corrected chi connectivity index (χ1v) is 12.2. The summed E-state index contributed by atoms with van der Waals surface area (Å²) < 4.78 is 6.89. The SMILES string of the molecule is CC[C@H](CO)[C@H](O)[C@H](C)CO[Si](c1ccccc1)(c1ccccc1)C(C)(C)C. The minimum absolute atomic E-state index is 0.00121. The number of aliphatic hydroxyl groups is 2. The highest BCUT2D eigenvalue weighted by Gasteiger charge is 2.50. The molecule has 154 valence electrons. The largest absolute Gasteiger partial charge is 0.407 e. The van der Waals surface area contributed by atoms with Crippen LogP contribution in [0.5, 0.6) is 0 Å². The van der Waals surface area contributed by atoms with Crippen LogP contribution in [-0.4, -0.2) is 37.8 Å². The topological polar surface area (TPSA) is 49.7 Å². The average Bonchev–Trinajstić information content (AvgIpc) is 2.69. The van der Waals surface area contributed by atoms with Crippen molar-refractivity contribution in [1.29, 1.82) is 0 Å². The van der Waals surface area contributed by atoms with Gasteiger partial charge in [0, 0.05) is 25.0 Å². The van der Waals surface area contributed by atoms with Gasteiger partial charge >= 0.3 is 0 Å². The summed E-state index contributed by atoms with van der Waals surface area (Å²) >= 11 is 0. The van der Waals surface area contributed by atoms with Crippen molar-refractivity contribution >= 4 is 18.7 Å². The molecule has 2 aromatic rings. The molecule has 28 heavy (non-hydrogen) atoms. The zero-order valence-corrected chi connectivity index (χ0v) is 18.9. The highest BCUT2D eigenvalue weighted by molar-refractivity contribution is 6.99. The molecule has 4 heteroatoms. The third-order valence-electron chi connectivity index (χ3n) is 5.80. The van der Waals surface area contributed by atoms with E-state index in [2.05, 4.69) is 69.3 Å². The standard InChI is InChI=1S/C24H36O3Si/c1-6-20(17-25)23(26)19(2)18-27-28(24(3,4)5,21-13-9-7-10-14-21)22-15-11-8-12-16-22/h7-16,19-20,23,25-26H,6,17-18H2,1-5H3/t19-,20-,23-/m1/s1. The number of hydrogen-bond acceptors (Lipinski definition) is 3. The second-order valence-electron chi connectivity index (χ2n) is 8.79. The molecule has 0 aliphatic rings. The van der Waals surface area contributed by atoms with Crippen molar-refractivity contribution in [3.05, 3.63) is 60.7 Å². The number of hydrogen-bond donors (Lipinski definition) is 2. The van der Waals surface area contributed by atoms with Crippen molar-refractivity contribution in [2.45, 2.75) is 52.2 Å². The summed E-state index contributed by atoms with van der Waals surface area (Å²) in [6.07, 6.45) is 0.175. The summed E-state index contributed by atoms with van der Waals surface area (Å²) in [6.45, 7) is 11.2. The maximum absolute atomic E-state index is 10.7. The minimum atomic E-state index is -2.59. The third-order valence-corrected chi connectivity index (χ3v) is 10.8. The first-order valence-electron chi connectivity index (χ1n) is 10.3. The lowest BCUT2D eigenvalue weighted by Gasteiger charge is -2.44. The Hall–Kier alpha value is -1.46. The molecule has 0 aromatic heterocycles. The monoisotopic (exact) mass is 400 g/mol. The van der Waals surface area contributed by atoms with E-state index in [1.54, 1.807) is 0 Å². The van der Waals surface area contributed by atoms with Gasteiger partial charge in [0.05, 0.1) is 6.10 Å². The first-order chi connectivity index (χ1) is 13.3. The molecule has 0 unspecified atom stereocenters. The van der Waals surface area contributed by atoms with Gasteiger partial charge in [0.1, 0.15) is 0 Å². The van der Waals surface area contributed by atoms with Gasteiger partial charge in [-0.2, -0.15) is 0 Å². The van der Waals surface area contributed by atoms with E-state index in [-0.39, 0.29) is 23.5 Å². The zero-order valence-electron chi connectivity index (χ0n) is 17.9. The summed E-state index contributed by atoms with van der Waals surface area (Å²) in [5, 5.41) is 22.7. The molecule has 0 heterocycles. The van der Waals surface area contributed by atoms with E-state index in [9.17, 15) is 10.2 Å². The summed E-state index contributed by atoms with van der Waals surface area (Å²) in [6, 6.07) is 21.1. The maximum Gasteiger partial charge on any atom is 0.261 e. The van der Waals surface area contributed by atoms with Crippen LogP contribution >= 0.6 is 0 Å². The molecule has 0 saturated heterocycles. The van der Waals surface area contributed by atoms with Crippen LogP contribution in [0.25, 0.3) is 0 Å². The Morgan fingerprint density at radius 2 is 1.39 bits per heavy atom. The van der Waals surface area contributed by atoms with E-state index in [1.165, 1.54) is 10.4 Å². The Balaban J connectivity index is 2.45. The Morgan fingerprint density at radius 3 is 1.75 bits per heavy atom. The van der Waals surface area contributed by atoms with Crippen molar-refractivity contribution in [2.24, 2.45) is 11.8 Å². The first kappa shape index (κ1) is 22.8. The Labute approximate surface area is 171 Å². The van der Waals surface area contributed by atoms with E-state index in [0.29, 0.717) is 6.61 Å². The Kier molecular flexibility index (Phi) is 8.02. The second-order valence-corrected chi connectivity index (χ2v) is 13.1.